The Balaban J connectivity index is 1.79. The van der Waals surface area contributed by atoms with Gasteiger partial charge in [-0.3, -0.25) is 4.79 Å². The number of ether oxygens (including phenoxy) is 2. The normalized spacial score (nSPS) is 17.4. The topological polar surface area (TPSA) is 84.9 Å². The summed E-state index contributed by atoms with van der Waals surface area (Å²) >= 11 is 0. The molecule has 0 radical (unpaired) electrons. The minimum Gasteiger partial charge on any atom is -0.482 e. The number of nitrogens with one attached hydrogen (secondary N) is 1. The highest BCUT2D eigenvalue weighted by Gasteiger charge is 2.16. The van der Waals surface area contributed by atoms with Crippen LogP contribution in [0.25, 0.3) is 0 Å². The zero-order valence-electron chi connectivity index (χ0n) is 11.7. The Morgan fingerprint density at radius 1 is 1.43 bits per heavy atom. The fraction of sp³-hybridized carbons (Fsp3) is 0.467. The van der Waals surface area contributed by atoms with Gasteiger partial charge in [-0.15, -0.1) is 0 Å². The quantitative estimate of drug-likeness (QED) is 0.802. The minimum absolute atomic E-state index is 0.0581. The highest BCUT2D eigenvalue weighted by atomic mass is 16.5. The van der Waals surface area contributed by atoms with Gasteiger partial charge in [0.2, 0.25) is 5.91 Å². The second-order valence-electron chi connectivity index (χ2n) is 5.03. The first-order valence-electron chi connectivity index (χ1n) is 6.96. The number of hydrogen-bond donors (Lipinski definition) is 2. The van der Waals surface area contributed by atoms with E-state index in [-0.39, 0.29) is 5.91 Å². The van der Waals surface area contributed by atoms with Crippen LogP contribution in [0.1, 0.15) is 19.3 Å². The lowest BCUT2D eigenvalue weighted by Gasteiger charge is -2.09. The summed E-state index contributed by atoms with van der Waals surface area (Å²) in [6.45, 7) is 1.13. The Morgan fingerprint density at radius 3 is 3.00 bits per heavy atom. The first-order valence-corrected chi connectivity index (χ1v) is 6.96. The average Bonchev–Trinajstić information content (AvgIpc) is 2.97. The van der Waals surface area contributed by atoms with Crippen LogP contribution in [0.2, 0.25) is 0 Å². The van der Waals surface area contributed by atoms with Gasteiger partial charge in [-0.25, -0.2) is 4.79 Å². The summed E-state index contributed by atoms with van der Waals surface area (Å²) < 4.78 is 10.3. The van der Waals surface area contributed by atoms with Gasteiger partial charge in [0, 0.05) is 31.4 Å². The van der Waals surface area contributed by atoms with E-state index < -0.39 is 12.6 Å². The molecule has 0 aromatic heterocycles. The van der Waals surface area contributed by atoms with Crippen LogP contribution in [0.5, 0.6) is 5.75 Å². The number of carboxylic acid groups (broad SMARTS) is 1. The lowest BCUT2D eigenvalue weighted by molar-refractivity contribution is -0.139. The third kappa shape index (κ3) is 5.43. The standard InChI is InChI=1S/C15H19NO5/c17-14(5-4-11-6-7-20-9-11)16-12-2-1-3-13(8-12)21-10-15(18)19/h1-3,8,11H,4-7,9-10H2,(H,16,17)(H,18,19). The summed E-state index contributed by atoms with van der Waals surface area (Å²) in [7, 11) is 0. The number of carbonyl (C=O) groups excluding carboxylic acids is 1. The first-order chi connectivity index (χ1) is 10.1. The molecule has 2 N–H and O–H groups in total. The van der Waals surface area contributed by atoms with Gasteiger partial charge < -0.3 is 19.9 Å². The predicted octanol–water partition coefficient (Wildman–Crippen LogP) is 1.91. The smallest absolute Gasteiger partial charge is 0.341 e. The van der Waals surface area contributed by atoms with Crippen molar-refractivity contribution in [3.8, 4) is 5.75 Å². The predicted molar refractivity (Wildman–Crippen MR) is 76.4 cm³/mol. The molecule has 6 heteroatoms. The summed E-state index contributed by atoms with van der Waals surface area (Å²) in [6, 6.07) is 6.70. The molecular weight excluding hydrogens is 274 g/mol. The van der Waals surface area contributed by atoms with Crippen LogP contribution < -0.4 is 10.1 Å². The summed E-state index contributed by atoms with van der Waals surface area (Å²) in [5, 5.41) is 11.3. The van der Waals surface area contributed by atoms with Crippen molar-refractivity contribution in [3.05, 3.63) is 24.3 Å². The molecule has 0 aliphatic carbocycles. The third-order valence-corrected chi connectivity index (χ3v) is 3.28. The Kier molecular flexibility index (Phi) is 5.57. The molecule has 1 saturated heterocycles. The molecule has 1 aromatic rings. The zero-order chi connectivity index (χ0) is 15.1. The molecule has 1 aliphatic heterocycles. The van der Waals surface area contributed by atoms with Gasteiger partial charge in [0.15, 0.2) is 6.61 Å². The van der Waals surface area contributed by atoms with Crippen molar-refractivity contribution in [2.45, 2.75) is 19.3 Å². The van der Waals surface area contributed by atoms with Crippen LogP contribution in [-0.4, -0.2) is 36.8 Å². The number of benzene rings is 1. The fourth-order valence-electron chi connectivity index (χ4n) is 2.18. The van der Waals surface area contributed by atoms with Crippen LogP contribution >= 0.6 is 0 Å². The number of anilines is 1. The van der Waals surface area contributed by atoms with Gasteiger partial charge in [0.05, 0.1) is 0 Å². The van der Waals surface area contributed by atoms with Crippen LogP contribution in [0, 0.1) is 5.92 Å². The molecule has 1 heterocycles. The van der Waals surface area contributed by atoms with Crippen LogP contribution in [-0.2, 0) is 14.3 Å². The maximum atomic E-state index is 11.9. The van der Waals surface area contributed by atoms with Gasteiger partial charge in [-0.1, -0.05) is 6.07 Å². The second-order valence-corrected chi connectivity index (χ2v) is 5.03. The van der Waals surface area contributed by atoms with E-state index in [0.717, 1.165) is 26.1 Å². The molecule has 0 spiro atoms. The van der Waals surface area contributed by atoms with Crippen molar-refractivity contribution in [1.82, 2.24) is 0 Å². The molecule has 1 amide bonds. The second kappa shape index (κ2) is 7.64. The van der Waals surface area contributed by atoms with E-state index in [4.69, 9.17) is 14.6 Å². The zero-order valence-corrected chi connectivity index (χ0v) is 11.7. The Hall–Kier alpha value is -2.08. The highest BCUT2D eigenvalue weighted by molar-refractivity contribution is 5.90. The van der Waals surface area contributed by atoms with Gasteiger partial charge in [-0.2, -0.15) is 0 Å². The number of hydrogen-bond acceptors (Lipinski definition) is 4. The Morgan fingerprint density at radius 2 is 2.29 bits per heavy atom. The summed E-state index contributed by atoms with van der Waals surface area (Å²) in [6.07, 6.45) is 2.29. The third-order valence-electron chi connectivity index (χ3n) is 3.28. The molecule has 0 bridgehead atoms. The van der Waals surface area contributed by atoms with Crippen LogP contribution in [0.15, 0.2) is 24.3 Å². The molecule has 1 aromatic carbocycles. The Labute approximate surface area is 123 Å². The highest BCUT2D eigenvalue weighted by Crippen LogP contribution is 2.20. The van der Waals surface area contributed by atoms with E-state index in [0.29, 0.717) is 23.8 Å². The molecule has 1 atom stereocenters. The number of aliphatic carboxylic acids is 1. The molecule has 21 heavy (non-hydrogen) atoms. The van der Waals surface area contributed by atoms with Gasteiger partial charge in [0.1, 0.15) is 5.75 Å². The van der Waals surface area contributed by atoms with E-state index in [9.17, 15) is 9.59 Å². The lowest BCUT2D eigenvalue weighted by Crippen LogP contribution is -2.14. The van der Waals surface area contributed by atoms with Crippen LogP contribution in [0.3, 0.4) is 0 Å². The lowest BCUT2D eigenvalue weighted by atomic mass is 10.0. The Bertz CT molecular complexity index is 497. The molecule has 6 nitrogen and oxygen atoms in total. The monoisotopic (exact) mass is 293 g/mol. The molecular formula is C15H19NO5. The van der Waals surface area contributed by atoms with Crippen molar-refractivity contribution in [2.75, 3.05) is 25.1 Å². The van der Waals surface area contributed by atoms with E-state index in [2.05, 4.69) is 5.32 Å². The number of carbonyl (C=O) groups is 2. The summed E-state index contributed by atoms with van der Waals surface area (Å²) in [5.41, 5.74) is 0.602. The van der Waals surface area contributed by atoms with Crippen molar-refractivity contribution in [3.63, 3.8) is 0 Å². The number of carboxylic acids is 1. The maximum Gasteiger partial charge on any atom is 0.341 e. The van der Waals surface area contributed by atoms with E-state index in [1.54, 1.807) is 24.3 Å². The first kappa shape index (κ1) is 15.3. The largest absolute Gasteiger partial charge is 0.482 e. The SMILES string of the molecule is O=C(O)COc1cccc(NC(=O)CCC2CCOC2)c1. The fourth-order valence-corrected chi connectivity index (χ4v) is 2.18. The number of rotatable bonds is 7. The van der Waals surface area contributed by atoms with Crippen molar-refractivity contribution < 1.29 is 24.2 Å². The average molecular weight is 293 g/mol. The minimum atomic E-state index is -1.04. The van der Waals surface area contributed by atoms with E-state index in [1.165, 1.54) is 0 Å². The molecule has 1 aliphatic rings. The van der Waals surface area contributed by atoms with Crippen molar-refractivity contribution >= 4 is 17.6 Å². The molecule has 114 valence electrons. The summed E-state index contributed by atoms with van der Waals surface area (Å²) in [5.74, 6) is -0.208. The number of amides is 1. The maximum absolute atomic E-state index is 11.9. The molecule has 2 rings (SSSR count). The van der Waals surface area contributed by atoms with Crippen molar-refractivity contribution in [1.29, 1.82) is 0 Å². The summed E-state index contributed by atoms with van der Waals surface area (Å²) in [4.78, 5) is 22.3. The van der Waals surface area contributed by atoms with Gasteiger partial charge in [0.25, 0.3) is 0 Å². The van der Waals surface area contributed by atoms with E-state index >= 15 is 0 Å². The molecule has 1 unspecified atom stereocenters. The molecule has 0 saturated carbocycles. The van der Waals surface area contributed by atoms with E-state index in [1.807, 2.05) is 0 Å². The van der Waals surface area contributed by atoms with Gasteiger partial charge in [-0.05, 0) is 30.9 Å². The molecule has 1 fully saturated rings. The van der Waals surface area contributed by atoms with Gasteiger partial charge >= 0.3 is 5.97 Å². The van der Waals surface area contributed by atoms with Crippen LogP contribution in [0.4, 0.5) is 5.69 Å². The van der Waals surface area contributed by atoms with Crippen molar-refractivity contribution in [2.24, 2.45) is 5.92 Å².